The van der Waals surface area contributed by atoms with Crippen molar-refractivity contribution in [3.63, 3.8) is 0 Å². The van der Waals surface area contributed by atoms with E-state index in [1.165, 1.54) is 5.38 Å². The molecule has 80 valence electrons. The molecule has 1 atom stereocenters. The van der Waals surface area contributed by atoms with E-state index in [1.54, 1.807) is 0 Å². The van der Waals surface area contributed by atoms with Gasteiger partial charge in [-0.05, 0) is 16.9 Å². The molecule has 2 N–H and O–H groups in total. The summed E-state index contributed by atoms with van der Waals surface area (Å²) in [6.45, 7) is 3.62. The molecule has 0 radical (unpaired) electrons. The Labute approximate surface area is 84.7 Å². The van der Waals surface area contributed by atoms with E-state index < -0.39 is 17.8 Å². The molecule has 1 rings (SSSR count). The van der Waals surface area contributed by atoms with Gasteiger partial charge in [0.05, 0.1) is 5.56 Å². The SMILES string of the molecule is CC(C)C(N)c1cscc1C(F)(F)F. The molecule has 0 saturated heterocycles. The Morgan fingerprint density at radius 2 is 1.86 bits per heavy atom. The van der Waals surface area contributed by atoms with E-state index in [2.05, 4.69) is 0 Å². The summed E-state index contributed by atoms with van der Waals surface area (Å²) in [6.07, 6.45) is -4.29. The average Bonchev–Trinajstić information content (AvgIpc) is 2.48. The van der Waals surface area contributed by atoms with Gasteiger partial charge in [-0.1, -0.05) is 13.8 Å². The molecule has 0 aliphatic rings. The first kappa shape index (κ1) is 11.5. The third-order valence-corrected chi connectivity index (χ3v) is 2.84. The number of halogens is 3. The molecule has 0 amide bonds. The van der Waals surface area contributed by atoms with Gasteiger partial charge >= 0.3 is 6.18 Å². The highest BCUT2D eigenvalue weighted by Crippen LogP contribution is 2.37. The first-order valence-electron chi connectivity index (χ1n) is 4.23. The summed E-state index contributed by atoms with van der Waals surface area (Å²) in [4.78, 5) is 0. The maximum absolute atomic E-state index is 12.5. The molecule has 0 bridgehead atoms. The molecule has 1 unspecified atom stereocenters. The number of nitrogens with two attached hydrogens (primary N) is 1. The second-order valence-electron chi connectivity index (χ2n) is 3.51. The first-order chi connectivity index (χ1) is 6.34. The van der Waals surface area contributed by atoms with Crippen molar-refractivity contribution in [2.24, 2.45) is 11.7 Å². The predicted octanol–water partition coefficient (Wildman–Crippen LogP) is 3.42. The highest BCUT2D eigenvalue weighted by Gasteiger charge is 2.35. The molecule has 0 spiro atoms. The molecule has 1 heterocycles. The number of hydrogen-bond acceptors (Lipinski definition) is 2. The topological polar surface area (TPSA) is 26.0 Å². The van der Waals surface area contributed by atoms with Crippen LogP contribution in [0.2, 0.25) is 0 Å². The summed E-state index contributed by atoms with van der Waals surface area (Å²) in [5.74, 6) is 0.00528. The molecular weight excluding hydrogens is 211 g/mol. The van der Waals surface area contributed by atoms with Gasteiger partial charge in [0, 0.05) is 11.4 Å². The normalized spacial score (nSPS) is 14.8. The summed E-state index contributed by atoms with van der Waals surface area (Å²) in [5.41, 5.74) is 5.30. The van der Waals surface area contributed by atoms with Crippen LogP contribution in [0.5, 0.6) is 0 Å². The van der Waals surface area contributed by atoms with Crippen molar-refractivity contribution >= 4 is 11.3 Å². The molecule has 1 aromatic rings. The Hall–Kier alpha value is -0.550. The number of thiophene rings is 1. The Morgan fingerprint density at radius 3 is 2.29 bits per heavy atom. The van der Waals surface area contributed by atoms with Gasteiger partial charge in [0.25, 0.3) is 0 Å². The molecule has 0 aromatic carbocycles. The van der Waals surface area contributed by atoms with Crippen molar-refractivity contribution in [3.8, 4) is 0 Å². The molecular formula is C9H12F3NS. The van der Waals surface area contributed by atoms with Gasteiger partial charge in [-0.25, -0.2) is 0 Å². The number of alkyl halides is 3. The van der Waals surface area contributed by atoms with Crippen LogP contribution in [0.1, 0.15) is 31.0 Å². The number of rotatable bonds is 2. The summed E-state index contributed by atoms with van der Waals surface area (Å²) in [5, 5.41) is 2.59. The van der Waals surface area contributed by atoms with Gasteiger partial charge < -0.3 is 5.73 Å². The molecule has 0 aliphatic carbocycles. The maximum atomic E-state index is 12.5. The van der Waals surface area contributed by atoms with Crippen molar-refractivity contribution in [3.05, 3.63) is 21.9 Å². The van der Waals surface area contributed by atoms with Crippen LogP contribution in [0.3, 0.4) is 0 Å². The molecule has 0 fully saturated rings. The van der Waals surface area contributed by atoms with Crippen molar-refractivity contribution in [2.45, 2.75) is 26.1 Å². The lowest BCUT2D eigenvalue weighted by atomic mass is 9.96. The van der Waals surface area contributed by atoms with E-state index in [1.807, 2.05) is 13.8 Å². The minimum absolute atomic E-state index is 0.00528. The van der Waals surface area contributed by atoms with E-state index in [4.69, 9.17) is 5.73 Å². The van der Waals surface area contributed by atoms with Crippen LogP contribution in [0.4, 0.5) is 13.2 Å². The summed E-state index contributed by atoms with van der Waals surface area (Å²) < 4.78 is 37.4. The third kappa shape index (κ3) is 2.27. The van der Waals surface area contributed by atoms with Crippen LogP contribution in [-0.2, 0) is 6.18 Å². The third-order valence-electron chi connectivity index (χ3n) is 2.07. The molecule has 14 heavy (non-hydrogen) atoms. The lowest BCUT2D eigenvalue weighted by Gasteiger charge is -2.17. The second kappa shape index (κ2) is 3.90. The zero-order valence-corrected chi connectivity index (χ0v) is 8.75. The van der Waals surface area contributed by atoms with Crippen LogP contribution in [0.25, 0.3) is 0 Å². The van der Waals surface area contributed by atoms with Crippen molar-refractivity contribution in [2.75, 3.05) is 0 Å². The second-order valence-corrected chi connectivity index (χ2v) is 4.25. The standard InChI is InChI=1S/C9H12F3NS/c1-5(2)8(13)6-3-14-4-7(6)9(10,11)12/h3-5,8H,13H2,1-2H3. The molecule has 0 aliphatic heterocycles. The highest BCUT2D eigenvalue weighted by atomic mass is 32.1. The Kier molecular flexibility index (Phi) is 3.21. The largest absolute Gasteiger partial charge is 0.417 e. The van der Waals surface area contributed by atoms with E-state index in [-0.39, 0.29) is 11.5 Å². The zero-order chi connectivity index (χ0) is 10.9. The quantitative estimate of drug-likeness (QED) is 0.816. The summed E-state index contributed by atoms with van der Waals surface area (Å²) >= 11 is 1.04. The van der Waals surface area contributed by atoms with Crippen LogP contribution in [0.15, 0.2) is 10.8 Å². The molecule has 1 aromatic heterocycles. The fourth-order valence-corrected chi connectivity index (χ4v) is 2.06. The highest BCUT2D eigenvalue weighted by molar-refractivity contribution is 7.08. The maximum Gasteiger partial charge on any atom is 0.417 e. The zero-order valence-electron chi connectivity index (χ0n) is 7.93. The Balaban J connectivity index is 3.05. The summed E-state index contributed by atoms with van der Waals surface area (Å²) in [6, 6.07) is -0.544. The smallest absolute Gasteiger partial charge is 0.324 e. The monoisotopic (exact) mass is 223 g/mol. The van der Waals surface area contributed by atoms with Crippen molar-refractivity contribution in [1.29, 1.82) is 0 Å². The van der Waals surface area contributed by atoms with Gasteiger partial charge in [-0.3, -0.25) is 0 Å². The van der Waals surface area contributed by atoms with Gasteiger partial charge in [0.2, 0.25) is 0 Å². The van der Waals surface area contributed by atoms with Gasteiger partial charge in [0.1, 0.15) is 0 Å². The molecule has 5 heteroatoms. The lowest BCUT2D eigenvalue weighted by molar-refractivity contribution is -0.138. The van der Waals surface area contributed by atoms with Crippen LogP contribution >= 0.6 is 11.3 Å². The van der Waals surface area contributed by atoms with Gasteiger partial charge in [-0.2, -0.15) is 24.5 Å². The minimum Gasteiger partial charge on any atom is -0.324 e. The molecule has 1 nitrogen and oxygen atoms in total. The van der Waals surface area contributed by atoms with Crippen molar-refractivity contribution in [1.82, 2.24) is 0 Å². The van der Waals surface area contributed by atoms with Gasteiger partial charge in [-0.15, -0.1) is 0 Å². The minimum atomic E-state index is -4.29. The van der Waals surface area contributed by atoms with E-state index in [0.717, 1.165) is 16.7 Å². The number of hydrogen-bond donors (Lipinski definition) is 1. The Morgan fingerprint density at radius 1 is 1.29 bits per heavy atom. The van der Waals surface area contributed by atoms with Crippen LogP contribution < -0.4 is 5.73 Å². The first-order valence-corrected chi connectivity index (χ1v) is 5.17. The predicted molar refractivity (Wildman–Crippen MR) is 51.1 cm³/mol. The van der Waals surface area contributed by atoms with E-state index >= 15 is 0 Å². The van der Waals surface area contributed by atoms with Crippen LogP contribution in [-0.4, -0.2) is 0 Å². The lowest BCUT2D eigenvalue weighted by Crippen LogP contribution is -2.20. The van der Waals surface area contributed by atoms with Crippen LogP contribution in [0, 0.1) is 5.92 Å². The molecule has 0 saturated carbocycles. The van der Waals surface area contributed by atoms with Gasteiger partial charge in [0.15, 0.2) is 0 Å². The average molecular weight is 223 g/mol. The fraction of sp³-hybridized carbons (Fsp3) is 0.556. The summed E-state index contributed by atoms with van der Waals surface area (Å²) in [7, 11) is 0. The van der Waals surface area contributed by atoms with E-state index in [0.29, 0.717) is 0 Å². The fourth-order valence-electron chi connectivity index (χ4n) is 1.15. The Bertz CT molecular complexity index is 303. The van der Waals surface area contributed by atoms with E-state index in [9.17, 15) is 13.2 Å². The van der Waals surface area contributed by atoms with Crippen molar-refractivity contribution < 1.29 is 13.2 Å².